The Morgan fingerprint density at radius 3 is 0.781 bits per heavy atom. The van der Waals surface area contributed by atoms with E-state index in [1.807, 2.05) is 0 Å². The van der Waals surface area contributed by atoms with E-state index in [2.05, 4.69) is 93.7 Å². The van der Waals surface area contributed by atoms with Gasteiger partial charge in [-0.25, -0.2) is 0 Å². The second kappa shape index (κ2) is 61.4. The minimum atomic E-state index is -0.787. The molecule has 0 rings (SSSR count). The van der Waals surface area contributed by atoms with Crippen LogP contribution in [0.4, 0.5) is 0 Å². The highest BCUT2D eigenvalue weighted by molar-refractivity contribution is 5.71. The van der Waals surface area contributed by atoms with Gasteiger partial charge < -0.3 is 14.2 Å². The predicted octanol–water partition coefficient (Wildman–Crippen LogP) is 21.3. The van der Waals surface area contributed by atoms with Gasteiger partial charge in [0.15, 0.2) is 6.10 Å². The maximum Gasteiger partial charge on any atom is 0.306 e. The number of unbranched alkanes of at least 4 members (excludes halogenated alkanes) is 34. The molecule has 0 aromatic carbocycles. The second-order valence-electron chi connectivity index (χ2n) is 21.0. The average molecular weight is 1020 g/mol. The van der Waals surface area contributed by atoms with Crippen LogP contribution in [0.2, 0.25) is 0 Å². The highest BCUT2D eigenvalue weighted by Gasteiger charge is 2.19. The number of carbonyl (C=O) groups is 3. The SMILES string of the molecule is CCCCC/C=C\C/C=C\CCCCCCCCCCCC(=O)OC(COC(=O)CCCCCCC/C=C\C/C=C\CCCCC)COC(=O)CCCCCCCCCCC/C=C\C/C=C\CCCCCCC. The lowest BCUT2D eigenvalue weighted by Crippen LogP contribution is -2.30. The van der Waals surface area contributed by atoms with Crippen molar-refractivity contribution >= 4 is 17.9 Å². The molecular weight excluding hydrogens is 901 g/mol. The van der Waals surface area contributed by atoms with Gasteiger partial charge in [0.1, 0.15) is 13.2 Å². The number of rotatable bonds is 57. The van der Waals surface area contributed by atoms with Gasteiger partial charge in [0.25, 0.3) is 0 Å². The normalized spacial score (nSPS) is 12.5. The molecule has 0 fully saturated rings. The van der Waals surface area contributed by atoms with Crippen LogP contribution >= 0.6 is 0 Å². The van der Waals surface area contributed by atoms with Gasteiger partial charge in [0.05, 0.1) is 0 Å². The molecule has 1 atom stereocenters. The summed E-state index contributed by atoms with van der Waals surface area (Å²) < 4.78 is 16.9. The minimum Gasteiger partial charge on any atom is -0.462 e. The van der Waals surface area contributed by atoms with E-state index in [0.29, 0.717) is 19.3 Å². The van der Waals surface area contributed by atoms with Crippen molar-refractivity contribution in [1.29, 1.82) is 0 Å². The molecule has 6 heteroatoms. The van der Waals surface area contributed by atoms with Crippen molar-refractivity contribution in [3.8, 4) is 0 Å². The van der Waals surface area contributed by atoms with Gasteiger partial charge in [-0.15, -0.1) is 0 Å². The molecule has 0 aliphatic carbocycles. The van der Waals surface area contributed by atoms with Crippen molar-refractivity contribution < 1.29 is 28.6 Å². The Kier molecular flexibility index (Phi) is 58.7. The van der Waals surface area contributed by atoms with Crippen LogP contribution in [-0.2, 0) is 28.6 Å². The summed E-state index contributed by atoms with van der Waals surface area (Å²) in [5.41, 5.74) is 0. The summed E-state index contributed by atoms with van der Waals surface area (Å²) in [4.78, 5) is 38.3. The number of carbonyl (C=O) groups excluding carboxylic acids is 3. The summed E-state index contributed by atoms with van der Waals surface area (Å²) in [6.45, 7) is 6.59. The first-order chi connectivity index (χ1) is 36.0. The summed E-state index contributed by atoms with van der Waals surface area (Å²) in [6, 6.07) is 0. The molecule has 0 radical (unpaired) electrons. The molecule has 0 heterocycles. The van der Waals surface area contributed by atoms with Crippen molar-refractivity contribution in [3.05, 3.63) is 72.9 Å². The first-order valence-corrected chi connectivity index (χ1v) is 31.4. The maximum atomic E-state index is 12.9. The van der Waals surface area contributed by atoms with E-state index >= 15 is 0 Å². The maximum absolute atomic E-state index is 12.9. The molecule has 0 N–H and O–H groups in total. The Bertz CT molecular complexity index is 1360. The summed E-state index contributed by atoms with van der Waals surface area (Å²) >= 11 is 0. The molecule has 0 aromatic heterocycles. The largest absolute Gasteiger partial charge is 0.462 e. The number of ether oxygens (including phenoxy) is 3. The summed E-state index contributed by atoms with van der Waals surface area (Å²) in [7, 11) is 0. The highest BCUT2D eigenvalue weighted by Crippen LogP contribution is 2.16. The molecule has 0 aliphatic heterocycles. The Labute approximate surface area is 453 Å². The van der Waals surface area contributed by atoms with Crippen LogP contribution < -0.4 is 0 Å². The van der Waals surface area contributed by atoms with E-state index in [-0.39, 0.29) is 31.1 Å². The van der Waals surface area contributed by atoms with E-state index in [9.17, 15) is 14.4 Å². The fraction of sp³-hybridized carbons (Fsp3) is 0.776. The molecule has 1 unspecified atom stereocenters. The molecule has 0 saturated heterocycles. The molecule has 0 bridgehead atoms. The average Bonchev–Trinajstić information content (AvgIpc) is 3.39. The van der Waals surface area contributed by atoms with Crippen molar-refractivity contribution in [3.63, 3.8) is 0 Å². The van der Waals surface area contributed by atoms with E-state index in [0.717, 1.165) is 89.9 Å². The van der Waals surface area contributed by atoms with Gasteiger partial charge in [-0.1, -0.05) is 254 Å². The van der Waals surface area contributed by atoms with Gasteiger partial charge >= 0.3 is 17.9 Å². The molecule has 6 nitrogen and oxygen atoms in total. The van der Waals surface area contributed by atoms with Crippen LogP contribution in [0, 0.1) is 0 Å². The highest BCUT2D eigenvalue weighted by atomic mass is 16.6. The molecule has 422 valence electrons. The first-order valence-electron chi connectivity index (χ1n) is 31.4. The Hall–Kier alpha value is -3.15. The zero-order valence-corrected chi connectivity index (χ0v) is 48.4. The van der Waals surface area contributed by atoms with Gasteiger partial charge in [-0.3, -0.25) is 14.4 Å². The van der Waals surface area contributed by atoms with Crippen LogP contribution in [0.1, 0.15) is 316 Å². The molecule has 0 aliphatic rings. The smallest absolute Gasteiger partial charge is 0.306 e. The van der Waals surface area contributed by atoms with Crippen LogP contribution in [-0.4, -0.2) is 37.2 Å². The topological polar surface area (TPSA) is 78.9 Å². The Morgan fingerprint density at radius 1 is 0.274 bits per heavy atom. The number of hydrogen-bond donors (Lipinski definition) is 0. The fourth-order valence-electron chi connectivity index (χ4n) is 8.89. The van der Waals surface area contributed by atoms with Crippen molar-refractivity contribution in [2.45, 2.75) is 322 Å². The third-order valence-electron chi connectivity index (χ3n) is 13.7. The zero-order chi connectivity index (χ0) is 52.9. The minimum absolute atomic E-state index is 0.0829. The van der Waals surface area contributed by atoms with Crippen molar-refractivity contribution in [1.82, 2.24) is 0 Å². The third kappa shape index (κ3) is 59.6. The summed E-state index contributed by atoms with van der Waals surface area (Å²) in [5, 5.41) is 0. The quantitative estimate of drug-likeness (QED) is 0.0261. The van der Waals surface area contributed by atoms with Gasteiger partial charge in [0.2, 0.25) is 0 Å². The van der Waals surface area contributed by atoms with E-state index in [4.69, 9.17) is 14.2 Å². The zero-order valence-electron chi connectivity index (χ0n) is 48.4. The fourth-order valence-corrected chi connectivity index (χ4v) is 8.89. The molecule has 0 spiro atoms. The standard InChI is InChI=1S/C67H118O6/c1-4-7-10-13-16-19-22-25-28-30-32-33-35-36-39-42-45-48-51-54-57-60-66(69)72-63-64(62-71-65(68)59-56-53-50-47-44-41-38-27-24-21-18-15-12-9-6-3)73-67(70)61-58-55-52-49-46-43-40-37-34-31-29-26-23-20-17-14-11-8-5-2/h17-18,20-22,25-27,29-30,32,38,64H,4-16,19,23-24,28,31,33-37,39-63H2,1-3H3/b20-17-,21-18-,25-22-,29-26-,32-30-,38-27-. The van der Waals surface area contributed by atoms with Crippen LogP contribution in [0.3, 0.4) is 0 Å². The van der Waals surface area contributed by atoms with Crippen molar-refractivity contribution in [2.75, 3.05) is 13.2 Å². The molecule has 73 heavy (non-hydrogen) atoms. The number of esters is 3. The second-order valence-corrected chi connectivity index (χ2v) is 21.0. The van der Waals surface area contributed by atoms with Crippen molar-refractivity contribution in [2.24, 2.45) is 0 Å². The Balaban J connectivity index is 4.38. The molecule has 0 amide bonds. The summed E-state index contributed by atoms with van der Waals surface area (Å²) in [5.74, 6) is -0.892. The summed E-state index contributed by atoms with van der Waals surface area (Å²) in [6.07, 6.45) is 78.9. The van der Waals surface area contributed by atoms with Gasteiger partial charge in [-0.05, 0) is 116 Å². The lowest BCUT2D eigenvalue weighted by Gasteiger charge is -2.18. The van der Waals surface area contributed by atoms with Gasteiger partial charge in [0, 0.05) is 19.3 Å². The predicted molar refractivity (Wildman–Crippen MR) is 316 cm³/mol. The molecular formula is C67H118O6. The van der Waals surface area contributed by atoms with E-state index in [1.54, 1.807) is 0 Å². The number of allylic oxidation sites excluding steroid dienone is 12. The lowest BCUT2D eigenvalue weighted by molar-refractivity contribution is -0.167. The molecule has 0 saturated carbocycles. The van der Waals surface area contributed by atoms with Crippen LogP contribution in [0.5, 0.6) is 0 Å². The monoisotopic (exact) mass is 1020 g/mol. The Morgan fingerprint density at radius 2 is 0.493 bits per heavy atom. The van der Waals surface area contributed by atoms with E-state index in [1.165, 1.54) is 186 Å². The van der Waals surface area contributed by atoms with Crippen LogP contribution in [0.15, 0.2) is 72.9 Å². The van der Waals surface area contributed by atoms with Gasteiger partial charge in [-0.2, -0.15) is 0 Å². The number of hydrogen-bond acceptors (Lipinski definition) is 6. The third-order valence-corrected chi connectivity index (χ3v) is 13.7. The molecule has 0 aromatic rings. The lowest BCUT2D eigenvalue weighted by atomic mass is 10.1. The van der Waals surface area contributed by atoms with Crippen LogP contribution in [0.25, 0.3) is 0 Å². The van der Waals surface area contributed by atoms with E-state index < -0.39 is 6.10 Å². The first kappa shape index (κ1) is 69.8.